The number of benzene rings is 1. The Morgan fingerprint density at radius 2 is 2.00 bits per heavy atom. The zero-order valence-corrected chi connectivity index (χ0v) is 8.22. The number of hydrogen-bond acceptors (Lipinski definition) is 0. The van der Waals surface area contributed by atoms with Crippen molar-refractivity contribution in [3.8, 4) is 0 Å². The fraction of sp³-hybridized carbons (Fsp3) is 0.417. The van der Waals surface area contributed by atoms with Crippen LogP contribution in [-0.2, 0) is 6.42 Å². The van der Waals surface area contributed by atoms with Gasteiger partial charge in [-0.3, -0.25) is 0 Å². The second-order valence-corrected chi connectivity index (χ2v) is 3.49. The summed E-state index contributed by atoms with van der Waals surface area (Å²) >= 11 is 0. The average molecular weight is 161 g/mol. The van der Waals surface area contributed by atoms with Crippen molar-refractivity contribution < 1.29 is 0 Å². The van der Waals surface area contributed by atoms with Gasteiger partial charge in [-0.05, 0) is 36.0 Å². The van der Waals surface area contributed by atoms with E-state index < -0.39 is 0 Å². The van der Waals surface area contributed by atoms with Gasteiger partial charge in [-0.25, -0.2) is 0 Å². The summed E-state index contributed by atoms with van der Waals surface area (Å²) in [5.74, 6) is 0.613. The van der Waals surface area contributed by atoms with Gasteiger partial charge in [0, 0.05) is 0 Å². The summed E-state index contributed by atoms with van der Waals surface area (Å²) in [6, 6.07) is 6.39. The minimum atomic E-state index is 0.613. The molecule has 0 aliphatic carbocycles. The summed E-state index contributed by atoms with van der Waals surface area (Å²) < 4.78 is 0. The quantitative estimate of drug-likeness (QED) is 0.622. The van der Waals surface area contributed by atoms with Crippen LogP contribution in [0.2, 0.25) is 0 Å². The van der Waals surface area contributed by atoms with Gasteiger partial charge in [-0.1, -0.05) is 39.0 Å². The maximum absolute atomic E-state index is 4.03. The Hall–Kier alpha value is -0.780. The summed E-state index contributed by atoms with van der Waals surface area (Å²) in [7, 11) is 0. The Morgan fingerprint density at radius 3 is 2.42 bits per heavy atom. The van der Waals surface area contributed by atoms with E-state index in [0.29, 0.717) is 5.92 Å². The predicted octanol–water partition coefficient (Wildman–Crippen LogP) is 3.55. The SMILES string of the molecule is [CH2]c1cccc(C(C)C)c1CC. The second-order valence-electron chi connectivity index (χ2n) is 3.49. The highest BCUT2D eigenvalue weighted by Crippen LogP contribution is 2.22. The molecule has 0 unspecified atom stereocenters. The van der Waals surface area contributed by atoms with Gasteiger partial charge in [-0.2, -0.15) is 0 Å². The summed E-state index contributed by atoms with van der Waals surface area (Å²) in [5.41, 5.74) is 4.06. The van der Waals surface area contributed by atoms with E-state index in [9.17, 15) is 0 Å². The van der Waals surface area contributed by atoms with E-state index in [1.54, 1.807) is 0 Å². The van der Waals surface area contributed by atoms with E-state index in [2.05, 4.69) is 45.9 Å². The normalized spacial score (nSPS) is 10.8. The molecule has 0 heterocycles. The zero-order chi connectivity index (χ0) is 9.14. The first-order valence-corrected chi connectivity index (χ1v) is 4.60. The molecule has 0 aliphatic rings. The van der Waals surface area contributed by atoms with Gasteiger partial charge in [0.05, 0.1) is 0 Å². The first-order valence-electron chi connectivity index (χ1n) is 4.60. The molecule has 0 aromatic heterocycles. The fourth-order valence-electron chi connectivity index (χ4n) is 1.63. The first-order chi connectivity index (χ1) is 5.66. The lowest BCUT2D eigenvalue weighted by Crippen LogP contribution is -1.97. The molecule has 1 aromatic rings. The van der Waals surface area contributed by atoms with Crippen molar-refractivity contribution in [1.29, 1.82) is 0 Å². The molecule has 65 valence electrons. The highest BCUT2D eigenvalue weighted by molar-refractivity contribution is 5.38. The highest BCUT2D eigenvalue weighted by Gasteiger charge is 2.05. The van der Waals surface area contributed by atoms with E-state index in [1.807, 2.05) is 0 Å². The lowest BCUT2D eigenvalue weighted by Gasteiger charge is -2.13. The van der Waals surface area contributed by atoms with Crippen molar-refractivity contribution in [2.24, 2.45) is 0 Å². The summed E-state index contributed by atoms with van der Waals surface area (Å²) in [4.78, 5) is 0. The van der Waals surface area contributed by atoms with Crippen LogP contribution in [0.1, 0.15) is 43.4 Å². The minimum Gasteiger partial charge on any atom is -0.0617 e. The third-order valence-electron chi connectivity index (χ3n) is 2.28. The van der Waals surface area contributed by atoms with Crippen LogP contribution in [0.5, 0.6) is 0 Å². The molecule has 12 heavy (non-hydrogen) atoms. The fourth-order valence-corrected chi connectivity index (χ4v) is 1.63. The molecule has 0 spiro atoms. The van der Waals surface area contributed by atoms with E-state index in [4.69, 9.17) is 0 Å². The third-order valence-corrected chi connectivity index (χ3v) is 2.28. The Kier molecular flexibility index (Phi) is 2.91. The lowest BCUT2D eigenvalue weighted by molar-refractivity contribution is 0.842. The molecule has 1 radical (unpaired) electrons. The van der Waals surface area contributed by atoms with Crippen LogP contribution >= 0.6 is 0 Å². The van der Waals surface area contributed by atoms with Crippen LogP contribution in [0.15, 0.2) is 18.2 Å². The van der Waals surface area contributed by atoms with Crippen molar-refractivity contribution in [2.75, 3.05) is 0 Å². The van der Waals surface area contributed by atoms with Crippen LogP contribution in [0.25, 0.3) is 0 Å². The van der Waals surface area contributed by atoms with Crippen molar-refractivity contribution in [2.45, 2.75) is 33.1 Å². The zero-order valence-electron chi connectivity index (χ0n) is 8.22. The van der Waals surface area contributed by atoms with Crippen molar-refractivity contribution in [3.05, 3.63) is 41.8 Å². The van der Waals surface area contributed by atoms with Gasteiger partial charge in [0.2, 0.25) is 0 Å². The molecule has 0 aliphatic heterocycles. The highest BCUT2D eigenvalue weighted by atomic mass is 14.1. The van der Waals surface area contributed by atoms with E-state index in [0.717, 1.165) is 6.42 Å². The van der Waals surface area contributed by atoms with Crippen LogP contribution in [0.4, 0.5) is 0 Å². The van der Waals surface area contributed by atoms with Gasteiger partial charge in [0.25, 0.3) is 0 Å². The molecule has 1 aromatic carbocycles. The first kappa shape index (κ1) is 9.31. The molecular weight excluding hydrogens is 144 g/mol. The van der Waals surface area contributed by atoms with Crippen LogP contribution in [0, 0.1) is 6.92 Å². The summed E-state index contributed by atoms with van der Waals surface area (Å²) in [5, 5.41) is 0. The molecule has 0 atom stereocenters. The summed E-state index contributed by atoms with van der Waals surface area (Å²) in [6.45, 7) is 10.7. The molecule has 0 heteroatoms. The molecule has 0 fully saturated rings. The molecule has 0 amide bonds. The van der Waals surface area contributed by atoms with Gasteiger partial charge >= 0.3 is 0 Å². The van der Waals surface area contributed by atoms with Crippen molar-refractivity contribution in [3.63, 3.8) is 0 Å². The van der Waals surface area contributed by atoms with Crippen molar-refractivity contribution >= 4 is 0 Å². The van der Waals surface area contributed by atoms with Crippen molar-refractivity contribution in [1.82, 2.24) is 0 Å². The van der Waals surface area contributed by atoms with E-state index in [-0.39, 0.29) is 0 Å². The average Bonchev–Trinajstić information content (AvgIpc) is 2.03. The lowest BCUT2D eigenvalue weighted by atomic mass is 9.92. The Balaban J connectivity index is 3.18. The predicted molar refractivity (Wildman–Crippen MR) is 54.4 cm³/mol. The molecule has 0 saturated carbocycles. The molecule has 0 nitrogen and oxygen atoms in total. The van der Waals surface area contributed by atoms with Crippen LogP contribution < -0.4 is 0 Å². The Bertz CT molecular complexity index is 259. The smallest absolute Gasteiger partial charge is 0.0216 e. The topological polar surface area (TPSA) is 0 Å². The number of rotatable bonds is 2. The molecule has 0 N–H and O–H groups in total. The van der Waals surface area contributed by atoms with E-state index in [1.165, 1.54) is 16.7 Å². The monoisotopic (exact) mass is 161 g/mol. The molecule has 0 saturated heterocycles. The van der Waals surface area contributed by atoms with Crippen LogP contribution in [-0.4, -0.2) is 0 Å². The maximum atomic E-state index is 4.03. The third kappa shape index (κ3) is 1.69. The molecule has 1 rings (SSSR count). The van der Waals surface area contributed by atoms with Gasteiger partial charge in [0.1, 0.15) is 0 Å². The molecular formula is C12H17. The van der Waals surface area contributed by atoms with Crippen LogP contribution in [0.3, 0.4) is 0 Å². The summed E-state index contributed by atoms with van der Waals surface area (Å²) in [6.07, 6.45) is 1.09. The second kappa shape index (κ2) is 3.75. The maximum Gasteiger partial charge on any atom is -0.0216 e. The Labute approximate surface area is 75.6 Å². The van der Waals surface area contributed by atoms with Gasteiger partial charge in [0.15, 0.2) is 0 Å². The minimum absolute atomic E-state index is 0.613. The van der Waals surface area contributed by atoms with E-state index >= 15 is 0 Å². The molecule has 0 bridgehead atoms. The number of hydrogen-bond donors (Lipinski definition) is 0. The van der Waals surface area contributed by atoms with Gasteiger partial charge in [-0.15, -0.1) is 0 Å². The van der Waals surface area contributed by atoms with Gasteiger partial charge < -0.3 is 0 Å². The largest absolute Gasteiger partial charge is 0.0617 e. The Morgan fingerprint density at radius 1 is 1.33 bits per heavy atom. The standard InChI is InChI=1S/C12H17/c1-5-11-10(4)7-6-8-12(11)9(2)3/h6-9H,4-5H2,1-3H3.